The lowest BCUT2D eigenvalue weighted by Crippen LogP contribution is -2.46. The summed E-state index contributed by atoms with van der Waals surface area (Å²) in [6, 6.07) is 22.7. The minimum atomic E-state index is -4.94. The summed E-state index contributed by atoms with van der Waals surface area (Å²) in [7, 11) is -9.88. The Balaban J connectivity index is 1.58. The van der Waals surface area contributed by atoms with Gasteiger partial charge in [0.05, 0.1) is 0 Å². The van der Waals surface area contributed by atoms with Crippen LogP contribution in [0.15, 0.2) is 95.1 Å². The first kappa shape index (κ1) is 36.8. The summed E-state index contributed by atoms with van der Waals surface area (Å²) in [5.41, 5.74) is 3.07. The van der Waals surface area contributed by atoms with Crippen LogP contribution in [0, 0.1) is 0 Å². The van der Waals surface area contributed by atoms with Gasteiger partial charge in [-0.1, -0.05) is 112 Å². The molecule has 6 N–H and O–H groups in total. The maximum Gasteiger partial charge on any atom is 0.279 e. The number of fused-ring (bicyclic) bond motifs is 2. The number of nitrogens with two attached hydrogens (primary N) is 2. The van der Waals surface area contributed by atoms with Crippen LogP contribution in [0.25, 0.3) is 11.1 Å². The number of Topliss-reactive ketones (excluding diaryl/α,β-unsaturated/α-hetero) is 2. The number of hydrazone groups is 2. The predicted octanol–water partition coefficient (Wildman–Crippen LogP) is 5.32. The van der Waals surface area contributed by atoms with Crippen LogP contribution in [-0.2, 0) is 42.6 Å². The molecule has 0 amide bonds. The van der Waals surface area contributed by atoms with Crippen molar-refractivity contribution in [2.75, 3.05) is 0 Å². The summed E-state index contributed by atoms with van der Waals surface area (Å²) in [4.78, 5) is 26.4. The number of ketones is 2. The molecule has 0 spiro atoms. The minimum absolute atomic E-state index is 0.0727. The van der Waals surface area contributed by atoms with E-state index in [1.54, 1.807) is 48.5 Å². The number of aryl methyl sites for hydroxylation is 2. The highest BCUT2D eigenvalue weighted by molar-refractivity contribution is 7.87. The third-order valence-corrected chi connectivity index (χ3v) is 13.1. The van der Waals surface area contributed by atoms with Gasteiger partial charge in [-0.05, 0) is 57.3 Å². The van der Waals surface area contributed by atoms with Gasteiger partial charge < -0.3 is 11.7 Å². The van der Waals surface area contributed by atoms with Gasteiger partial charge in [-0.25, -0.2) is 0 Å². The molecular formula is C38H38N4O8S2. The summed E-state index contributed by atoms with van der Waals surface area (Å²) in [5.74, 6) is 10.1. The van der Waals surface area contributed by atoms with E-state index in [0.29, 0.717) is 47.9 Å². The molecule has 0 aromatic heterocycles. The Morgan fingerprint density at radius 2 is 0.962 bits per heavy atom. The van der Waals surface area contributed by atoms with Gasteiger partial charge in [0.15, 0.2) is 9.49 Å². The number of hydrogen-bond acceptors (Lipinski definition) is 10. The highest BCUT2D eigenvalue weighted by atomic mass is 32.2. The smallest absolute Gasteiger partial charge is 0.279 e. The lowest BCUT2D eigenvalue weighted by molar-refractivity contribution is 0.105. The summed E-state index contributed by atoms with van der Waals surface area (Å²) in [5, 5.41) is 7.25. The van der Waals surface area contributed by atoms with Crippen molar-refractivity contribution in [3.05, 3.63) is 129 Å². The number of hydrogen-bond donors (Lipinski definition) is 4. The van der Waals surface area contributed by atoms with Crippen LogP contribution in [0.4, 0.5) is 0 Å². The van der Waals surface area contributed by atoms with Gasteiger partial charge in [-0.3, -0.25) is 18.7 Å². The molecule has 0 heterocycles. The van der Waals surface area contributed by atoms with Crippen LogP contribution < -0.4 is 11.7 Å². The zero-order chi connectivity index (χ0) is 37.6. The molecule has 2 aliphatic rings. The average molecular weight is 743 g/mol. The van der Waals surface area contributed by atoms with Crippen LogP contribution in [0.3, 0.4) is 0 Å². The van der Waals surface area contributed by atoms with Crippen LogP contribution in [0.1, 0.15) is 93.6 Å². The standard InChI is InChI=1S/C38H38N4O8S2/c1-3-9-25-19-23(15-17-29(25)37(51(45,46)47)21-33(41-39)35(43)27-11-5-7-13-31(27)37)24-16-18-30(26(20-24)10-4-2)38(52(48,49)50)22-34(42-40)36(44)28-12-6-8-14-32(28)38/h5-8,11-20H,3-4,9-10,21-22,39-40H2,1-2H3,(H,45,46,47)(H,48,49,50)/b41-33-,42-34+. The van der Waals surface area contributed by atoms with E-state index >= 15 is 0 Å². The lowest BCUT2D eigenvalue weighted by Gasteiger charge is -2.38. The van der Waals surface area contributed by atoms with Gasteiger partial charge in [0, 0.05) is 24.0 Å². The monoisotopic (exact) mass is 742 g/mol. The number of benzene rings is 4. The molecule has 0 saturated heterocycles. The molecule has 4 aromatic carbocycles. The van der Waals surface area contributed by atoms with Crippen molar-refractivity contribution in [1.29, 1.82) is 0 Å². The van der Waals surface area contributed by atoms with E-state index in [4.69, 9.17) is 11.7 Å². The first-order valence-electron chi connectivity index (χ1n) is 16.7. The average Bonchev–Trinajstić information content (AvgIpc) is 3.12. The van der Waals surface area contributed by atoms with Crippen LogP contribution in [-0.4, -0.2) is 48.9 Å². The topological polar surface area (TPSA) is 220 Å². The summed E-state index contributed by atoms with van der Waals surface area (Å²) in [6.07, 6.45) is 1.08. The van der Waals surface area contributed by atoms with Gasteiger partial charge in [-0.2, -0.15) is 27.0 Å². The van der Waals surface area contributed by atoms with Crippen LogP contribution in [0.5, 0.6) is 0 Å². The first-order valence-corrected chi connectivity index (χ1v) is 19.6. The molecule has 6 rings (SSSR count). The SMILES string of the molecule is CCCc1cc(-c2ccc(C3(S(=O)(=O)O)C/C(=N\N)C(=O)c4ccccc43)c(CCC)c2)ccc1C1(S(=O)(=O)O)C/C(=N/N)C(=O)c2ccccc21. The molecular weight excluding hydrogens is 705 g/mol. The van der Waals surface area contributed by atoms with Crippen molar-refractivity contribution >= 4 is 43.2 Å². The van der Waals surface area contributed by atoms with Crippen molar-refractivity contribution in [2.24, 2.45) is 21.9 Å². The van der Waals surface area contributed by atoms with Gasteiger partial charge in [0.1, 0.15) is 11.4 Å². The Kier molecular flexibility index (Phi) is 9.55. The van der Waals surface area contributed by atoms with Crippen LogP contribution >= 0.6 is 0 Å². The second-order valence-corrected chi connectivity index (χ2v) is 16.4. The highest BCUT2D eigenvalue weighted by Gasteiger charge is 2.55. The Morgan fingerprint density at radius 3 is 1.29 bits per heavy atom. The first-order chi connectivity index (χ1) is 24.7. The van der Waals surface area contributed by atoms with Gasteiger partial charge in [0.25, 0.3) is 20.2 Å². The molecule has 14 heteroatoms. The number of carbonyl (C=O) groups is 2. The molecule has 270 valence electrons. The van der Waals surface area contributed by atoms with Crippen LogP contribution in [0.2, 0.25) is 0 Å². The maximum atomic E-state index is 13.6. The van der Waals surface area contributed by atoms with Crippen molar-refractivity contribution in [3.63, 3.8) is 0 Å². The van der Waals surface area contributed by atoms with Gasteiger partial charge in [0.2, 0.25) is 11.6 Å². The largest absolute Gasteiger partial charge is 0.323 e. The zero-order valence-electron chi connectivity index (χ0n) is 28.5. The molecule has 2 aliphatic carbocycles. The van der Waals surface area contributed by atoms with E-state index < -0.39 is 54.1 Å². The van der Waals surface area contributed by atoms with E-state index in [9.17, 15) is 35.5 Å². The van der Waals surface area contributed by atoms with Crippen molar-refractivity contribution < 1.29 is 35.5 Å². The van der Waals surface area contributed by atoms with E-state index in [0.717, 1.165) is 0 Å². The molecule has 4 aromatic rings. The maximum absolute atomic E-state index is 13.6. The highest BCUT2D eigenvalue weighted by Crippen LogP contribution is 2.49. The third kappa shape index (κ3) is 5.57. The van der Waals surface area contributed by atoms with Crippen molar-refractivity contribution in [2.45, 2.75) is 61.9 Å². The van der Waals surface area contributed by atoms with E-state index in [2.05, 4.69) is 10.2 Å². The predicted molar refractivity (Wildman–Crippen MR) is 199 cm³/mol. The van der Waals surface area contributed by atoms with Crippen molar-refractivity contribution in [1.82, 2.24) is 0 Å². The van der Waals surface area contributed by atoms with Crippen molar-refractivity contribution in [3.8, 4) is 11.1 Å². The Labute approximate surface area is 302 Å². The number of carbonyl (C=O) groups excluding carboxylic acids is 2. The molecule has 0 fully saturated rings. The zero-order valence-corrected chi connectivity index (χ0v) is 30.2. The quantitative estimate of drug-likeness (QED) is 0.0982. The molecule has 2 atom stereocenters. The number of nitrogens with zero attached hydrogens (tertiary/aromatic N) is 2. The summed E-state index contributed by atoms with van der Waals surface area (Å²) in [6.45, 7) is 3.85. The fourth-order valence-electron chi connectivity index (χ4n) is 7.91. The molecule has 0 aliphatic heterocycles. The minimum Gasteiger partial charge on any atom is -0.323 e. The summed E-state index contributed by atoms with van der Waals surface area (Å²) < 4.78 is 72.1. The van der Waals surface area contributed by atoms with E-state index in [1.165, 1.54) is 24.3 Å². The normalized spacial score (nSPS) is 22.0. The molecule has 0 radical (unpaired) electrons. The number of rotatable bonds is 9. The Hall–Kier alpha value is -5.02. The fourth-order valence-corrected chi connectivity index (χ4v) is 10.4. The van der Waals surface area contributed by atoms with Gasteiger partial charge >= 0.3 is 0 Å². The molecule has 52 heavy (non-hydrogen) atoms. The Bertz CT molecular complexity index is 2260. The lowest BCUT2D eigenvalue weighted by atomic mass is 9.73. The van der Waals surface area contributed by atoms with Gasteiger partial charge in [-0.15, -0.1) is 0 Å². The molecule has 0 saturated carbocycles. The molecule has 2 unspecified atom stereocenters. The second kappa shape index (κ2) is 13.5. The fraction of sp³-hybridized carbons (Fsp3) is 0.263. The second-order valence-electron chi connectivity index (χ2n) is 13.1. The summed E-state index contributed by atoms with van der Waals surface area (Å²) >= 11 is 0. The molecule has 12 nitrogen and oxygen atoms in total. The third-order valence-electron chi connectivity index (χ3n) is 10.2. The Morgan fingerprint density at radius 1 is 0.596 bits per heavy atom. The molecule has 0 bridgehead atoms. The van der Waals surface area contributed by atoms with E-state index in [-0.39, 0.29) is 44.8 Å². The van der Waals surface area contributed by atoms with E-state index in [1.807, 2.05) is 26.0 Å².